The van der Waals surface area contributed by atoms with Gasteiger partial charge < -0.3 is 9.64 Å². The number of hydrogen-bond acceptors (Lipinski definition) is 2. The van der Waals surface area contributed by atoms with Crippen molar-refractivity contribution in [3.8, 4) is 0 Å². The second-order valence-electron chi connectivity index (χ2n) is 5.82. The Hall–Kier alpha value is -1.13. The molecule has 0 spiro atoms. The smallest absolute Gasteiger partial charge is 0.257 e. The van der Waals surface area contributed by atoms with Crippen molar-refractivity contribution in [3.63, 3.8) is 0 Å². The van der Waals surface area contributed by atoms with Crippen LogP contribution in [-0.2, 0) is 4.74 Å². The summed E-state index contributed by atoms with van der Waals surface area (Å²) in [7, 11) is 0. The van der Waals surface area contributed by atoms with Crippen LogP contribution in [0.3, 0.4) is 0 Å². The second kappa shape index (κ2) is 5.70. The van der Waals surface area contributed by atoms with Gasteiger partial charge in [-0.05, 0) is 38.5 Å². The van der Waals surface area contributed by atoms with Crippen molar-refractivity contribution >= 4 is 17.5 Å². The van der Waals surface area contributed by atoms with Gasteiger partial charge in [-0.2, -0.15) is 0 Å². The lowest BCUT2D eigenvalue weighted by Gasteiger charge is -2.42. The van der Waals surface area contributed by atoms with E-state index in [1.807, 2.05) is 13.8 Å². The Morgan fingerprint density at radius 2 is 2.25 bits per heavy atom. The summed E-state index contributed by atoms with van der Waals surface area (Å²) in [6, 6.07) is 4.64. The highest BCUT2D eigenvalue weighted by atomic mass is 35.5. The van der Waals surface area contributed by atoms with Crippen LogP contribution in [-0.4, -0.2) is 41.5 Å². The van der Waals surface area contributed by atoms with Crippen molar-refractivity contribution in [2.24, 2.45) is 0 Å². The number of carbonyl (C=O) groups is 1. The minimum atomic E-state index is -0.485. The molecular weight excluding hydrogens is 281 g/mol. The summed E-state index contributed by atoms with van der Waals surface area (Å²) in [6.45, 7) is 6.40. The number of halogens is 2. The van der Waals surface area contributed by atoms with Crippen LogP contribution in [0.25, 0.3) is 0 Å². The summed E-state index contributed by atoms with van der Waals surface area (Å²) >= 11 is 5.84. The van der Waals surface area contributed by atoms with Gasteiger partial charge in [-0.1, -0.05) is 6.07 Å². The SMILES string of the molecule is Cc1ccc(C(=O)N2CC(CCl)OC(C)(C)C2)c(F)c1. The fourth-order valence-electron chi connectivity index (χ4n) is 2.49. The van der Waals surface area contributed by atoms with Crippen LogP contribution < -0.4 is 0 Å². The number of nitrogens with zero attached hydrogens (tertiary/aromatic N) is 1. The maximum absolute atomic E-state index is 13.9. The molecule has 1 aliphatic rings. The van der Waals surface area contributed by atoms with Gasteiger partial charge in [0.15, 0.2) is 0 Å². The van der Waals surface area contributed by atoms with E-state index in [2.05, 4.69) is 0 Å². The van der Waals surface area contributed by atoms with E-state index in [0.29, 0.717) is 19.0 Å². The summed E-state index contributed by atoms with van der Waals surface area (Å²) in [6.07, 6.45) is -0.224. The zero-order chi connectivity index (χ0) is 14.9. The molecule has 1 amide bonds. The lowest BCUT2D eigenvalue weighted by molar-refractivity contribution is -0.117. The minimum absolute atomic E-state index is 0.0987. The standard InChI is InChI=1S/C15H19ClFNO2/c1-10-4-5-12(13(17)6-10)14(19)18-8-11(7-16)20-15(2,3)9-18/h4-6,11H,7-9H2,1-3H3. The Morgan fingerprint density at radius 1 is 1.55 bits per heavy atom. The molecule has 0 aromatic heterocycles. The predicted octanol–water partition coefficient (Wildman–Crippen LogP) is 2.99. The number of hydrogen-bond donors (Lipinski definition) is 0. The molecule has 20 heavy (non-hydrogen) atoms. The molecule has 2 rings (SSSR count). The maximum atomic E-state index is 13.9. The molecule has 0 N–H and O–H groups in total. The van der Waals surface area contributed by atoms with Crippen molar-refractivity contribution in [1.29, 1.82) is 0 Å². The molecule has 1 saturated heterocycles. The van der Waals surface area contributed by atoms with E-state index in [9.17, 15) is 9.18 Å². The zero-order valence-corrected chi connectivity index (χ0v) is 12.7. The van der Waals surface area contributed by atoms with E-state index < -0.39 is 11.4 Å². The lowest BCUT2D eigenvalue weighted by Crippen LogP contribution is -2.55. The number of carbonyl (C=O) groups excluding carboxylic acids is 1. The van der Waals surface area contributed by atoms with Gasteiger partial charge in [0.25, 0.3) is 5.91 Å². The van der Waals surface area contributed by atoms with Crippen molar-refractivity contribution in [3.05, 3.63) is 35.1 Å². The van der Waals surface area contributed by atoms with Crippen LogP contribution in [0.15, 0.2) is 18.2 Å². The highest BCUT2D eigenvalue weighted by molar-refractivity contribution is 6.18. The largest absolute Gasteiger partial charge is 0.367 e. The Morgan fingerprint density at radius 3 is 2.85 bits per heavy atom. The average Bonchev–Trinajstić information content (AvgIpc) is 2.36. The zero-order valence-electron chi connectivity index (χ0n) is 12.0. The first-order valence-electron chi connectivity index (χ1n) is 6.61. The van der Waals surface area contributed by atoms with Gasteiger partial charge in [-0.25, -0.2) is 4.39 Å². The maximum Gasteiger partial charge on any atom is 0.257 e. The van der Waals surface area contributed by atoms with Crippen LogP contribution in [0.1, 0.15) is 29.8 Å². The van der Waals surface area contributed by atoms with Crippen LogP contribution in [0, 0.1) is 12.7 Å². The molecule has 1 aromatic rings. The number of aryl methyl sites for hydroxylation is 1. The molecule has 0 aliphatic carbocycles. The van der Waals surface area contributed by atoms with Crippen molar-refractivity contribution < 1.29 is 13.9 Å². The molecule has 1 unspecified atom stereocenters. The summed E-state index contributed by atoms with van der Waals surface area (Å²) in [5.74, 6) is -0.487. The van der Waals surface area contributed by atoms with Crippen molar-refractivity contribution in [2.45, 2.75) is 32.5 Å². The first-order chi connectivity index (χ1) is 9.32. The molecule has 1 heterocycles. The van der Waals surface area contributed by atoms with Gasteiger partial charge in [-0.15, -0.1) is 11.6 Å². The van der Waals surface area contributed by atoms with Gasteiger partial charge in [0, 0.05) is 13.1 Å². The Kier molecular flexibility index (Phi) is 4.35. The molecule has 0 radical (unpaired) electrons. The third kappa shape index (κ3) is 3.30. The first-order valence-corrected chi connectivity index (χ1v) is 7.15. The number of alkyl halides is 1. The lowest BCUT2D eigenvalue weighted by atomic mass is 10.0. The topological polar surface area (TPSA) is 29.5 Å². The molecule has 0 bridgehead atoms. The van der Waals surface area contributed by atoms with Crippen molar-refractivity contribution in [2.75, 3.05) is 19.0 Å². The molecular formula is C15H19ClFNO2. The van der Waals surface area contributed by atoms with E-state index in [0.717, 1.165) is 5.56 Å². The molecule has 3 nitrogen and oxygen atoms in total. The van der Waals surface area contributed by atoms with E-state index in [4.69, 9.17) is 16.3 Å². The fourth-order valence-corrected chi connectivity index (χ4v) is 2.66. The molecule has 0 saturated carbocycles. The Balaban J connectivity index is 2.23. The number of rotatable bonds is 2. The quantitative estimate of drug-likeness (QED) is 0.786. The normalized spacial score (nSPS) is 21.9. The van der Waals surface area contributed by atoms with Crippen LogP contribution in [0.4, 0.5) is 4.39 Å². The van der Waals surface area contributed by atoms with Gasteiger partial charge in [0.05, 0.1) is 23.1 Å². The number of morpholine rings is 1. The third-order valence-electron chi connectivity index (χ3n) is 3.30. The van der Waals surface area contributed by atoms with Gasteiger partial charge in [0.1, 0.15) is 5.82 Å². The van der Waals surface area contributed by atoms with E-state index >= 15 is 0 Å². The van der Waals surface area contributed by atoms with Gasteiger partial charge >= 0.3 is 0 Å². The van der Waals surface area contributed by atoms with Crippen LogP contribution >= 0.6 is 11.6 Å². The van der Waals surface area contributed by atoms with Gasteiger partial charge in [0.2, 0.25) is 0 Å². The van der Waals surface area contributed by atoms with Gasteiger partial charge in [-0.3, -0.25) is 4.79 Å². The number of ether oxygens (including phenoxy) is 1. The summed E-state index contributed by atoms with van der Waals surface area (Å²) in [5.41, 5.74) is 0.413. The molecule has 1 aromatic carbocycles. The van der Waals surface area contributed by atoms with Crippen LogP contribution in [0.2, 0.25) is 0 Å². The van der Waals surface area contributed by atoms with E-state index in [-0.39, 0.29) is 17.6 Å². The average molecular weight is 300 g/mol. The molecule has 1 fully saturated rings. The van der Waals surface area contributed by atoms with Crippen LogP contribution in [0.5, 0.6) is 0 Å². The van der Waals surface area contributed by atoms with E-state index in [1.165, 1.54) is 12.1 Å². The third-order valence-corrected chi connectivity index (χ3v) is 3.64. The fraction of sp³-hybridized carbons (Fsp3) is 0.533. The Bertz CT molecular complexity index is 519. The predicted molar refractivity (Wildman–Crippen MR) is 76.7 cm³/mol. The molecule has 1 atom stereocenters. The molecule has 1 aliphatic heterocycles. The first kappa shape index (κ1) is 15.3. The minimum Gasteiger partial charge on any atom is -0.367 e. The van der Waals surface area contributed by atoms with E-state index in [1.54, 1.807) is 17.9 Å². The summed E-state index contributed by atoms with van der Waals surface area (Å²) in [4.78, 5) is 14.1. The molecule has 5 heteroatoms. The highest BCUT2D eigenvalue weighted by Crippen LogP contribution is 2.24. The highest BCUT2D eigenvalue weighted by Gasteiger charge is 2.36. The summed E-state index contributed by atoms with van der Waals surface area (Å²) in [5, 5.41) is 0. The number of amides is 1. The van der Waals surface area contributed by atoms with Crippen molar-refractivity contribution in [1.82, 2.24) is 4.90 Å². The second-order valence-corrected chi connectivity index (χ2v) is 6.13. The summed E-state index contributed by atoms with van der Waals surface area (Å²) < 4.78 is 19.7. The Labute approximate surface area is 123 Å². The molecule has 110 valence electrons. The number of benzene rings is 1. The monoisotopic (exact) mass is 299 g/mol.